The van der Waals surface area contributed by atoms with Gasteiger partial charge in [0.25, 0.3) is 15.7 Å². The zero-order valence-electron chi connectivity index (χ0n) is 26.4. The van der Waals surface area contributed by atoms with Gasteiger partial charge in [0.05, 0.1) is 22.6 Å². The second-order valence-corrected chi connectivity index (χ2v) is 13.7. The standard InChI is InChI=1S/C33H39ClN4O7S/c1-5-28(33(40)35-26-12-8-9-13-26)36(20-24-11-7-6-10-22(24)2)32(39)21-37(30-18-25(34)15-17-31(30)45-4)46(43,44)27-16-14-23(3)29(19-27)38(41)42/h6-7,10-11,14-19,26,28H,5,8-9,12-13,20-21H2,1-4H3,(H,35,40)/t28-/m0/s1. The van der Waals surface area contributed by atoms with Gasteiger partial charge in [-0.3, -0.25) is 24.0 Å². The van der Waals surface area contributed by atoms with E-state index in [1.165, 1.54) is 49.3 Å². The smallest absolute Gasteiger partial charge is 0.273 e. The quantitative estimate of drug-likeness (QED) is 0.176. The average Bonchev–Trinajstić information content (AvgIpc) is 3.53. The molecule has 13 heteroatoms. The Morgan fingerprint density at radius 1 is 1.07 bits per heavy atom. The van der Waals surface area contributed by atoms with Gasteiger partial charge >= 0.3 is 0 Å². The topological polar surface area (TPSA) is 139 Å². The second-order valence-electron chi connectivity index (χ2n) is 11.4. The van der Waals surface area contributed by atoms with Crippen LogP contribution in [0.2, 0.25) is 5.02 Å². The molecule has 0 spiro atoms. The molecule has 46 heavy (non-hydrogen) atoms. The molecular weight excluding hydrogens is 632 g/mol. The number of nitro benzene ring substituents is 1. The number of methoxy groups -OCH3 is 1. The number of benzene rings is 3. The van der Waals surface area contributed by atoms with Crippen LogP contribution in [0.5, 0.6) is 5.75 Å². The predicted octanol–water partition coefficient (Wildman–Crippen LogP) is 5.94. The lowest BCUT2D eigenvalue weighted by Gasteiger charge is -2.34. The lowest BCUT2D eigenvalue weighted by molar-refractivity contribution is -0.385. The molecule has 2 amide bonds. The molecule has 1 atom stereocenters. The number of hydrogen-bond acceptors (Lipinski definition) is 7. The highest BCUT2D eigenvalue weighted by Crippen LogP contribution is 2.36. The zero-order chi connectivity index (χ0) is 33.6. The number of aryl methyl sites for hydroxylation is 2. The van der Waals surface area contributed by atoms with Crippen LogP contribution in [0.1, 0.15) is 55.7 Å². The summed E-state index contributed by atoms with van der Waals surface area (Å²) < 4.78 is 35.0. The average molecular weight is 671 g/mol. The Kier molecular flexibility index (Phi) is 11.3. The maximum absolute atomic E-state index is 14.4. The third kappa shape index (κ3) is 7.79. The summed E-state index contributed by atoms with van der Waals surface area (Å²) in [5.41, 5.74) is 1.55. The Labute approximate surface area is 274 Å². The Balaban J connectivity index is 1.82. The minimum Gasteiger partial charge on any atom is -0.495 e. The molecule has 11 nitrogen and oxygen atoms in total. The number of amides is 2. The number of anilines is 1. The Morgan fingerprint density at radius 3 is 2.39 bits per heavy atom. The molecule has 3 aromatic rings. The van der Waals surface area contributed by atoms with Gasteiger partial charge in [-0.2, -0.15) is 0 Å². The molecule has 0 radical (unpaired) electrons. The summed E-state index contributed by atoms with van der Waals surface area (Å²) in [5, 5.41) is 15.0. The first kappa shape index (κ1) is 34.7. The third-order valence-corrected chi connectivity index (χ3v) is 10.3. The number of carbonyl (C=O) groups is 2. The fourth-order valence-electron chi connectivity index (χ4n) is 5.70. The van der Waals surface area contributed by atoms with Crippen LogP contribution in [-0.4, -0.2) is 55.8 Å². The van der Waals surface area contributed by atoms with Crippen molar-refractivity contribution < 1.29 is 27.7 Å². The molecule has 4 rings (SSSR count). The Hall–Kier alpha value is -4.16. The van der Waals surface area contributed by atoms with E-state index in [2.05, 4.69) is 5.32 Å². The Morgan fingerprint density at radius 2 is 1.76 bits per heavy atom. The van der Waals surface area contributed by atoms with E-state index in [9.17, 15) is 28.1 Å². The molecule has 0 heterocycles. The van der Waals surface area contributed by atoms with E-state index in [1.807, 2.05) is 31.2 Å². The fraction of sp³-hybridized carbons (Fsp3) is 0.394. The summed E-state index contributed by atoms with van der Waals surface area (Å²) in [5.74, 6) is -0.844. The molecule has 1 aliphatic carbocycles. The van der Waals surface area contributed by atoms with E-state index < -0.39 is 38.3 Å². The summed E-state index contributed by atoms with van der Waals surface area (Å²) in [4.78, 5) is 40.2. The normalized spacial score (nSPS) is 14.0. The van der Waals surface area contributed by atoms with E-state index in [0.717, 1.165) is 47.2 Å². The number of halogens is 1. The lowest BCUT2D eigenvalue weighted by Crippen LogP contribution is -2.53. The van der Waals surface area contributed by atoms with Gasteiger partial charge in [0.15, 0.2) is 0 Å². The van der Waals surface area contributed by atoms with Crippen molar-refractivity contribution in [3.05, 3.63) is 92.5 Å². The van der Waals surface area contributed by atoms with Gasteiger partial charge in [0.1, 0.15) is 18.3 Å². The highest BCUT2D eigenvalue weighted by atomic mass is 35.5. The van der Waals surface area contributed by atoms with Crippen LogP contribution >= 0.6 is 11.6 Å². The highest BCUT2D eigenvalue weighted by molar-refractivity contribution is 7.92. The minimum atomic E-state index is -4.61. The van der Waals surface area contributed by atoms with E-state index >= 15 is 0 Å². The van der Waals surface area contributed by atoms with Gasteiger partial charge in [-0.05, 0) is 68.5 Å². The number of nitro groups is 1. The third-order valence-electron chi connectivity index (χ3n) is 8.34. The Bertz CT molecular complexity index is 1710. The molecule has 0 aliphatic heterocycles. The van der Waals surface area contributed by atoms with Gasteiger partial charge < -0.3 is 15.0 Å². The summed E-state index contributed by atoms with van der Waals surface area (Å²) in [7, 11) is -3.27. The second kappa shape index (κ2) is 15.0. The number of carbonyl (C=O) groups excluding carboxylic acids is 2. The molecule has 1 saturated carbocycles. The highest BCUT2D eigenvalue weighted by Gasteiger charge is 2.36. The molecule has 3 aromatic carbocycles. The maximum Gasteiger partial charge on any atom is 0.273 e. The SMILES string of the molecule is CC[C@@H](C(=O)NC1CCCC1)N(Cc1ccccc1C)C(=O)CN(c1cc(Cl)ccc1OC)S(=O)(=O)c1ccc(C)c([N+](=O)[O-])c1. The number of hydrogen-bond donors (Lipinski definition) is 1. The number of sulfonamides is 1. The van der Waals surface area contributed by atoms with Crippen molar-refractivity contribution in [2.75, 3.05) is 18.0 Å². The van der Waals surface area contributed by atoms with Crippen LogP contribution in [0.3, 0.4) is 0 Å². The zero-order valence-corrected chi connectivity index (χ0v) is 27.9. The van der Waals surface area contributed by atoms with E-state index in [1.54, 1.807) is 6.92 Å². The number of rotatable bonds is 13. The van der Waals surface area contributed by atoms with Crippen LogP contribution in [0.25, 0.3) is 0 Å². The summed E-state index contributed by atoms with van der Waals surface area (Å²) in [6.07, 6.45) is 4.03. The van der Waals surface area contributed by atoms with E-state index in [4.69, 9.17) is 16.3 Å². The van der Waals surface area contributed by atoms with Gasteiger partial charge in [0, 0.05) is 29.2 Å². The van der Waals surface area contributed by atoms with Gasteiger partial charge in [-0.15, -0.1) is 0 Å². The van der Waals surface area contributed by atoms with Crippen LogP contribution in [0.4, 0.5) is 11.4 Å². The van der Waals surface area contributed by atoms with Crippen molar-refractivity contribution in [3.8, 4) is 5.75 Å². The van der Waals surface area contributed by atoms with Crippen LogP contribution < -0.4 is 14.4 Å². The van der Waals surface area contributed by atoms with Gasteiger partial charge in [-0.25, -0.2) is 8.42 Å². The minimum absolute atomic E-state index is 0.0156. The van der Waals surface area contributed by atoms with Crippen LogP contribution in [-0.2, 0) is 26.2 Å². The van der Waals surface area contributed by atoms with Crippen molar-refractivity contribution in [1.82, 2.24) is 10.2 Å². The monoisotopic (exact) mass is 670 g/mol. The summed E-state index contributed by atoms with van der Waals surface area (Å²) >= 11 is 6.31. The predicted molar refractivity (Wildman–Crippen MR) is 177 cm³/mol. The molecule has 1 aliphatic rings. The van der Waals surface area contributed by atoms with Gasteiger partial charge in [-0.1, -0.05) is 61.7 Å². The van der Waals surface area contributed by atoms with E-state index in [0.29, 0.717) is 0 Å². The van der Waals surface area contributed by atoms with Gasteiger partial charge in [0.2, 0.25) is 11.8 Å². The molecule has 0 aromatic heterocycles. The van der Waals surface area contributed by atoms with Crippen molar-refractivity contribution in [3.63, 3.8) is 0 Å². The maximum atomic E-state index is 14.4. The number of ether oxygens (including phenoxy) is 1. The van der Waals surface area contributed by atoms with Crippen molar-refractivity contribution >= 4 is 44.8 Å². The first-order valence-corrected chi connectivity index (χ1v) is 16.9. The van der Waals surface area contributed by atoms with Crippen LogP contribution in [0, 0.1) is 24.0 Å². The first-order valence-electron chi connectivity index (χ1n) is 15.1. The lowest BCUT2D eigenvalue weighted by atomic mass is 10.1. The molecule has 0 saturated heterocycles. The summed E-state index contributed by atoms with van der Waals surface area (Å²) in [6.45, 7) is 4.52. The molecule has 0 bridgehead atoms. The van der Waals surface area contributed by atoms with Crippen molar-refractivity contribution in [1.29, 1.82) is 0 Å². The summed E-state index contributed by atoms with van der Waals surface area (Å²) in [6, 6.07) is 14.5. The van der Waals surface area contributed by atoms with E-state index in [-0.39, 0.29) is 52.6 Å². The molecule has 1 fully saturated rings. The molecule has 1 N–H and O–H groups in total. The largest absolute Gasteiger partial charge is 0.495 e. The molecular formula is C33H39ClN4O7S. The van der Waals surface area contributed by atoms with Crippen LogP contribution in [0.15, 0.2) is 65.6 Å². The molecule has 0 unspecified atom stereocenters. The number of nitrogens with one attached hydrogen (secondary N) is 1. The van der Waals surface area contributed by atoms with Crippen molar-refractivity contribution in [2.24, 2.45) is 0 Å². The first-order chi connectivity index (χ1) is 21.9. The molecule has 246 valence electrons. The van der Waals surface area contributed by atoms with Crippen molar-refractivity contribution in [2.45, 2.75) is 76.4 Å². The fourth-order valence-corrected chi connectivity index (χ4v) is 7.31. The number of nitrogens with zero attached hydrogens (tertiary/aromatic N) is 3.